The molecule has 0 bridgehead atoms. The Morgan fingerprint density at radius 1 is 1.17 bits per heavy atom. The molecular formula is C22H25N3O3S. The van der Waals surface area contributed by atoms with Crippen LogP contribution in [0.4, 0.5) is 0 Å². The van der Waals surface area contributed by atoms with Crippen molar-refractivity contribution in [2.24, 2.45) is 0 Å². The van der Waals surface area contributed by atoms with Crippen LogP contribution in [0.5, 0.6) is 0 Å². The van der Waals surface area contributed by atoms with Gasteiger partial charge in [0.05, 0.1) is 16.8 Å². The Kier molecular flexibility index (Phi) is 7.30. The maximum absolute atomic E-state index is 12.6. The van der Waals surface area contributed by atoms with Crippen LogP contribution in [0.15, 0.2) is 53.7 Å². The number of hydrogen-bond acceptors (Lipinski definition) is 5. The number of thioether (sulfide) groups is 1. The summed E-state index contributed by atoms with van der Waals surface area (Å²) in [6.07, 6.45) is 0.891. The lowest BCUT2D eigenvalue weighted by Crippen LogP contribution is -2.33. The van der Waals surface area contributed by atoms with Gasteiger partial charge in [-0.15, -0.1) is 0 Å². The fraction of sp³-hybridized carbons (Fsp3) is 0.318. The molecule has 1 amide bonds. The number of nitrogens with one attached hydrogen (secondary N) is 2. The zero-order valence-electron chi connectivity index (χ0n) is 16.6. The van der Waals surface area contributed by atoms with Crippen LogP contribution in [0, 0.1) is 6.92 Å². The number of nitrogens with zero attached hydrogens (tertiary/aromatic N) is 1. The van der Waals surface area contributed by atoms with E-state index in [1.807, 2.05) is 55.5 Å². The van der Waals surface area contributed by atoms with Crippen molar-refractivity contribution in [1.29, 1.82) is 0 Å². The highest BCUT2D eigenvalue weighted by atomic mass is 32.2. The van der Waals surface area contributed by atoms with E-state index in [-0.39, 0.29) is 11.7 Å². The fourth-order valence-corrected chi connectivity index (χ4v) is 3.45. The van der Waals surface area contributed by atoms with E-state index < -0.39 is 12.1 Å². The van der Waals surface area contributed by atoms with E-state index in [0.29, 0.717) is 17.3 Å². The normalized spacial score (nSPS) is 11.9. The summed E-state index contributed by atoms with van der Waals surface area (Å²) in [5.41, 5.74) is 3.49. The van der Waals surface area contributed by atoms with Gasteiger partial charge in [0.2, 0.25) is 6.10 Å². The summed E-state index contributed by atoms with van der Waals surface area (Å²) >= 11 is 1.25. The van der Waals surface area contributed by atoms with Crippen molar-refractivity contribution in [3.63, 3.8) is 0 Å². The number of aromatic nitrogens is 2. The Bertz CT molecular complexity index is 936. The highest BCUT2D eigenvalue weighted by Crippen LogP contribution is 2.22. The molecule has 0 radical (unpaired) electrons. The number of hydrogen-bond donors (Lipinski definition) is 2. The van der Waals surface area contributed by atoms with Crippen molar-refractivity contribution in [3.8, 4) is 0 Å². The van der Waals surface area contributed by atoms with Crippen LogP contribution in [-0.4, -0.2) is 34.1 Å². The lowest BCUT2D eigenvalue weighted by Gasteiger charge is -2.18. The summed E-state index contributed by atoms with van der Waals surface area (Å²) in [4.78, 5) is 32.7. The number of esters is 1. The molecule has 0 spiro atoms. The summed E-state index contributed by atoms with van der Waals surface area (Å²) in [6, 6.07) is 15.1. The average Bonchev–Trinajstić information content (AvgIpc) is 3.14. The van der Waals surface area contributed by atoms with Crippen LogP contribution < -0.4 is 5.32 Å². The highest BCUT2D eigenvalue weighted by molar-refractivity contribution is 7.99. The van der Waals surface area contributed by atoms with Gasteiger partial charge in [-0.1, -0.05) is 67.1 Å². The highest BCUT2D eigenvalue weighted by Gasteiger charge is 2.25. The molecule has 6 nitrogen and oxygen atoms in total. The monoisotopic (exact) mass is 411 g/mol. The minimum atomic E-state index is -0.962. The zero-order chi connectivity index (χ0) is 20.6. The van der Waals surface area contributed by atoms with Crippen molar-refractivity contribution < 1.29 is 14.3 Å². The third-order valence-electron chi connectivity index (χ3n) is 4.39. The second-order valence-electron chi connectivity index (χ2n) is 6.77. The van der Waals surface area contributed by atoms with E-state index in [1.165, 1.54) is 11.8 Å². The number of rotatable bonds is 9. The van der Waals surface area contributed by atoms with Crippen molar-refractivity contribution in [3.05, 3.63) is 59.7 Å². The summed E-state index contributed by atoms with van der Waals surface area (Å²) < 4.78 is 5.55. The largest absolute Gasteiger partial charge is 0.447 e. The van der Waals surface area contributed by atoms with E-state index in [2.05, 4.69) is 22.2 Å². The lowest BCUT2D eigenvalue weighted by molar-refractivity contribution is -0.154. The number of unbranched alkanes of at least 4 members (excludes halogenated alkanes) is 1. The zero-order valence-corrected chi connectivity index (χ0v) is 17.4. The molecule has 0 aliphatic heterocycles. The first-order valence-corrected chi connectivity index (χ1v) is 10.7. The molecule has 7 heteroatoms. The van der Waals surface area contributed by atoms with Crippen LogP contribution in [0.1, 0.15) is 37.0 Å². The molecule has 2 aromatic carbocycles. The number of imidazole rings is 1. The molecule has 0 saturated heterocycles. The molecule has 152 valence electrons. The Morgan fingerprint density at radius 2 is 1.93 bits per heavy atom. The van der Waals surface area contributed by atoms with Gasteiger partial charge in [-0.05, 0) is 25.5 Å². The summed E-state index contributed by atoms with van der Waals surface area (Å²) in [5.74, 6) is -0.708. The van der Waals surface area contributed by atoms with Crippen LogP contribution in [-0.2, 0) is 14.3 Å². The smallest absolute Gasteiger partial charge is 0.317 e. The van der Waals surface area contributed by atoms with Crippen molar-refractivity contribution in [1.82, 2.24) is 15.3 Å². The van der Waals surface area contributed by atoms with Gasteiger partial charge in [-0.3, -0.25) is 9.59 Å². The van der Waals surface area contributed by atoms with E-state index in [9.17, 15) is 9.59 Å². The Balaban J connectivity index is 1.64. The van der Waals surface area contributed by atoms with E-state index >= 15 is 0 Å². The number of aryl methyl sites for hydroxylation is 1. The van der Waals surface area contributed by atoms with E-state index in [1.54, 1.807) is 0 Å². The maximum atomic E-state index is 12.6. The van der Waals surface area contributed by atoms with Crippen LogP contribution >= 0.6 is 11.8 Å². The van der Waals surface area contributed by atoms with Gasteiger partial charge in [0.1, 0.15) is 0 Å². The van der Waals surface area contributed by atoms with Crippen LogP contribution in [0.2, 0.25) is 0 Å². The SMILES string of the molecule is CCCCNC(=O)C(OC(=O)CSc1nc2ccccc2[nH]1)c1ccc(C)cc1. The Labute approximate surface area is 174 Å². The molecule has 3 aromatic rings. The number of amides is 1. The number of aromatic amines is 1. The maximum Gasteiger partial charge on any atom is 0.317 e. The molecule has 1 heterocycles. The number of benzene rings is 2. The molecule has 0 aliphatic carbocycles. The van der Waals surface area contributed by atoms with Gasteiger partial charge in [0.15, 0.2) is 5.16 Å². The van der Waals surface area contributed by atoms with Gasteiger partial charge in [-0.2, -0.15) is 0 Å². The summed E-state index contributed by atoms with van der Waals surface area (Å²) in [5, 5.41) is 3.49. The Hall–Kier alpha value is -2.80. The minimum Gasteiger partial charge on any atom is -0.447 e. The first-order chi connectivity index (χ1) is 14.1. The topological polar surface area (TPSA) is 84.1 Å². The molecule has 1 atom stereocenters. The first-order valence-electron chi connectivity index (χ1n) is 9.68. The molecular weight excluding hydrogens is 386 g/mol. The molecule has 29 heavy (non-hydrogen) atoms. The van der Waals surface area contributed by atoms with Gasteiger partial charge in [-0.25, -0.2) is 4.98 Å². The number of carbonyl (C=O) groups excluding carboxylic acids is 2. The summed E-state index contributed by atoms with van der Waals surface area (Å²) in [6.45, 7) is 4.58. The van der Waals surface area contributed by atoms with E-state index in [4.69, 9.17) is 4.74 Å². The quantitative estimate of drug-likeness (QED) is 0.314. The Morgan fingerprint density at radius 3 is 2.66 bits per heavy atom. The number of H-pyrrole nitrogens is 1. The molecule has 0 saturated carbocycles. The molecule has 3 rings (SSSR count). The van der Waals surface area contributed by atoms with Crippen molar-refractivity contribution in [2.45, 2.75) is 37.9 Å². The molecule has 0 fully saturated rings. The number of fused-ring (bicyclic) bond motifs is 1. The predicted octanol–water partition coefficient (Wildman–Crippen LogP) is 4.16. The van der Waals surface area contributed by atoms with Crippen LogP contribution in [0.25, 0.3) is 11.0 Å². The van der Waals surface area contributed by atoms with Crippen LogP contribution in [0.3, 0.4) is 0 Å². The lowest BCUT2D eigenvalue weighted by atomic mass is 10.1. The number of para-hydroxylation sites is 2. The second-order valence-corrected chi connectivity index (χ2v) is 7.74. The standard InChI is InChI=1S/C22H25N3O3S/c1-3-4-13-23-21(27)20(16-11-9-15(2)10-12-16)28-19(26)14-29-22-24-17-7-5-6-8-18(17)25-22/h5-12,20H,3-4,13-14H2,1-2H3,(H,23,27)(H,24,25). The van der Waals surface area contributed by atoms with Gasteiger partial charge in [0.25, 0.3) is 5.91 Å². The van der Waals surface area contributed by atoms with Gasteiger partial charge >= 0.3 is 5.97 Å². The van der Waals surface area contributed by atoms with Gasteiger partial charge in [0, 0.05) is 12.1 Å². The minimum absolute atomic E-state index is 0.0599. The summed E-state index contributed by atoms with van der Waals surface area (Å²) in [7, 11) is 0. The average molecular weight is 412 g/mol. The molecule has 1 unspecified atom stereocenters. The van der Waals surface area contributed by atoms with E-state index in [0.717, 1.165) is 29.4 Å². The fourth-order valence-electron chi connectivity index (χ4n) is 2.79. The molecule has 2 N–H and O–H groups in total. The number of carbonyl (C=O) groups is 2. The molecule has 0 aliphatic rings. The van der Waals surface area contributed by atoms with Crippen molar-refractivity contribution >= 4 is 34.7 Å². The van der Waals surface area contributed by atoms with Crippen molar-refractivity contribution in [2.75, 3.05) is 12.3 Å². The predicted molar refractivity (Wildman–Crippen MR) is 115 cm³/mol. The third-order valence-corrected chi connectivity index (χ3v) is 5.24. The molecule has 1 aromatic heterocycles. The first kappa shape index (κ1) is 20.9. The third kappa shape index (κ3) is 5.84. The number of ether oxygens (including phenoxy) is 1. The second kappa shape index (κ2) is 10.1. The van der Waals surface area contributed by atoms with Gasteiger partial charge < -0.3 is 15.0 Å².